The standard InChI is InChI=1S/C15H22ClN3/c1-19(10-11-5-3-2-4-6-11)14-8-7-12(16)9-13(14)15(17)18/h7-9,11H,2-6,10H2,1H3,(H3,17,18). The summed E-state index contributed by atoms with van der Waals surface area (Å²) in [6.07, 6.45) is 6.69. The summed E-state index contributed by atoms with van der Waals surface area (Å²) in [6.45, 7) is 1.03. The zero-order valence-corrected chi connectivity index (χ0v) is 12.2. The summed E-state index contributed by atoms with van der Waals surface area (Å²) in [4.78, 5) is 2.21. The second kappa shape index (κ2) is 6.29. The third-order valence-electron chi connectivity index (χ3n) is 3.92. The van der Waals surface area contributed by atoms with Gasteiger partial charge in [0.1, 0.15) is 5.84 Å². The quantitative estimate of drug-likeness (QED) is 0.653. The van der Waals surface area contributed by atoms with E-state index >= 15 is 0 Å². The first-order valence-electron chi connectivity index (χ1n) is 6.93. The molecule has 0 spiro atoms. The summed E-state index contributed by atoms with van der Waals surface area (Å²) in [6, 6.07) is 5.60. The Balaban J connectivity index is 2.13. The van der Waals surface area contributed by atoms with Crippen molar-refractivity contribution in [2.75, 3.05) is 18.5 Å². The predicted octanol–water partition coefficient (Wildman–Crippen LogP) is 3.64. The highest BCUT2D eigenvalue weighted by molar-refractivity contribution is 6.31. The molecule has 0 amide bonds. The molecule has 0 heterocycles. The SMILES string of the molecule is CN(CC1CCCCC1)c1ccc(Cl)cc1C(=N)N. The predicted molar refractivity (Wildman–Crippen MR) is 82.3 cm³/mol. The highest BCUT2D eigenvalue weighted by Gasteiger charge is 2.17. The van der Waals surface area contributed by atoms with Crippen LogP contribution in [0.3, 0.4) is 0 Å². The molecule has 1 saturated carbocycles. The van der Waals surface area contributed by atoms with Crippen molar-refractivity contribution in [3.8, 4) is 0 Å². The molecule has 1 aromatic carbocycles. The maximum atomic E-state index is 7.68. The summed E-state index contributed by atoms with van der Waals surface area (Å²) in [5.74, 6) is 0.835. The van der Waals surface area contributed by atoms with E-state index in [0.717, 1.165) is 23.7 Å². The van der Waals surface area contributed by atoms with E-state index in [1.807, 2.05) is 12.1 Å². The average Bonchev–Trinajstić information content (AvgIpc) is 2.39. The second-order valence-corrected chi connectivity index (χ2v) is 5.90. The zero-order chi connectivity index (χ0) is 13.8. The molecule has 1 aromatic rings. The smallest absolute Gasteiger partial charge is 0.124 e. The number of halogens is 1. The number of hydrogen-bond donors (Lipinski definition) is 2. The summed E-state index contributed by atoms with van der Waals surface area (Å²) in [5, 5.41) is 8.30. The summed E-state index contributed by atoms with van der Waals surface area (Å²) in [5.41, 5.74) is 7.38. The molecule has 1 aliphatic rings. The van der Waals surface area contributed by atoms with E-state index in [1.165, 1.54) is 32.1 Å². The van der Waals surface area contributed by atoms with E-state index in [4.69, 9.17) is 22.7 Å². The van der Waals surface area contributed by atoms with Crippen molar-refractivity contribution in [2.45, 2.75) is 32.1 Å². The molecule has 0 aliphatic heterocycles. The van der Waals surface area contributed by atoms with E-state index in [-0.39, 0.29) is 5.84 Å². The lowest BCUT2D eigenvalue weighted by Crippen LogP contribution is -2.29. The molecule has 0 aromatic heterocycles. The van der Waals surface area contributed by atoms with Gasteiger partial charge in [-0.2, -0.15) is 0 Å². The van der Waals surface area contributed by atoms with Gasteiger partial charge in [-0.3, -0.25) is 5.41 Å². The highest BCUT2D eigenvalue weighted by Crippen LogP contribution is 2.28. The van der Waals surface area contributed by atoms with Crippen molar-refractivity contribution >= 4 is 23.1 Å². The fourth-order valence-electron chi connectivity index (χ4n) is 2.91. The maximum absolute atomic E-state index is 7.68. The number of nitrogens with two attached hydrogens (primary N) is 1. The third-order valence-corrected chi connectivity index (χ3v) is 4.15. The minimum atomic E-state index is 0.0768. The van der Waals surface area contributed by atoms with Gasteiger partial charge >= 0.3 is 0 Å². The van der Waals surface area contributed by atoms with Crippen LogP contribution < -0.4 is 10.6 Å². The van der Waals surface area contributed by atoms with Crippen LogP contribution in [-0.2, 0) is 0 Å². The van der Waals surface area contributed by atoms with Crippen LogP contribution in [0, 0.1) is 11.3 Å². The average molecular weight is 280 g/mol. The Labute approximate surface area is 120 Å². The van der Waals surface area contributed by atoms with Crippen molar-refractivity contribution in [3.05, 3.63) is 28.8 Å². The number of anilines is 1. The first-order valence-corrected chi connectivity index (χ1v) is 7.31. The van der Waals surface area contributed by atoms with Gasteiger partial charge in [-0.25, -0.2) is 0 Å². The number of nitrogens with zero attached hydrogens (tertiary/aromatic N) is 1. The zero-order valence-electron chi connectivity index (χ0n) is 11.5. The Hall–Kier alpha value is -1.22. The molecule has 3 nitrogen and oxygen atoms in total. The molecule has 0 atom stereocenters. The highest BCUT2D eigenvalue weighted by atomic mass is 35.5. The van der Waals surface area contributed by atoms with Gasteiger partial charge in [0.2, 0.25) is 0 Å². The molecule has 2 rings (SSSR count). The number of benzene rings is 1. The lowest BCUT2D eigenvalue weighted by Gasteiger charge is -2.29. The molecule has 4 heteroatoms. The molecule has 19 heavy (non-hydrogen) atoms. The van der Waals surface area contributed by atoms with Gasteiger partial charge in [0, 0.05) is 29.9 Å². The summed E-state index contributed by atoms with van der Waals surface area (Å²) < 4.78 is 0. The fraction of sp³-hybridized carbons (Fsp3) is 0.533. The largest absolute Gasteiger partial charge is 0.384 e. The van der Waals surface area contributed by atoms with E-state index in [9.17, 15) is 0 Å². The fourth-order valence-corrected chi connectivity index (χ4v) is 3.08. The maximum Gasteiger partial charge on any atom is 0.124 e. The van der Waals surface area contributed by atoms with Crippen LogP contribution in [0.4, 0.5) is 5.69 Å². The van der Waals surface area contributed by atoms with Crippen LogP contribution in [0.25, 0.3) is 0 Å². The Morgan fingerprint density at radius 2 is 2.05 bits per heavy atom. The van der Waals surface area contributed by atoms with Gasteiger partial charge < -0.3 is 10.6 Å². The van der Waals surface area contributed by atoms with Crippen LogP contribution in [-0.4, -0.2) is 19.4 Å². The first-order chi connectivity index (χ1) is 9.08. The van der Waals surface area contributed by atoms with Crippen molar-refractivity contribution in [3.63, 3.8) is 0 Å². The van der Waals surface area contributed by atoms with Gasteiger partial charge in [-0.15, -0.1) is 0 Å². The molecule has 104 valence electrons. The van der Waals surface area contributed by atoms with Crippen LogP contribution >= 0.6 is 11.6 Å². The van der Waals surface area contributed by atoms with Crippen molar-refractivity contribution in [1.82, 2.24) is 0 Å². The Bertz CT molecular complexity index is 453. The number of nitrogens with one attached hydrogen (secondary N) is 1. The molecule has 0 saturated heterocycles. The van der Waals surface area contributed by atoms with E-state index in [1.54, 1.807) is 6.07 Å². The molecule has 0 unspecified atom stereocenters. The molecule has 3 N–H and O–H groups in total. The first kappa shape index (κ1) is 14.2. The van der Waals surface area contributed by atoms with Gasteiger partial charge in [-0.05, 0) is 37.0 Å². The number of amidine groups is 1. The monoisotopic (exact) mass is 279 g/mol. The lowest BCUT2D eigenvalue weighted by molar-refractivity contribution is 0.362. The van der Waals surface area contributed by atoms with E-state index in [2.05, 4.69) is 11.9 Å². The lowest BCUT2D eigenvalue weighted by atomic mass is 9.89. The minimum Gasteiger partial charge on any atom is -0.384 e. The van der Waals surface area contributed by atoms with Crippen LogP contribution in [0.1, 0.15) is 37.7 Å². The molecule has 0 radical (unpaired) electrons. The molecule has 1 aliphatic carbocycles. The number of nitrogen functional groups attached to an aromatic ring is 1. The Morgan fingerprint density at radius 1 is 1.37 bits per heavy atom. The van der Waals surface area contributed by atoms with Crippen LogP contribution in [0.15, 0.2) is 18.2 Å². The molecule has 0 bridgehead atoms. The van der Waals surface area contributed by atoms with Crippen LogP contribution in [0.2, 0.25) is 5.02 Å². The third kappa shape index (κ3) is 3.63. The topological polar surface area (TPSA) is 53.1 Å². The molecular weight excluding hydrogens is 258 g/mol. The Morgan fingerprint density at radius 3 is 2.68 bits per heavy atom. The number of rotatable bonds is 4. The molecule has 1 fully saturated rings. The normalized spacial score (nSPS) is 16.3. The van der Waals surface area contributed by atoms with Gasteiger partial charge in [0.15, 0.2) is 0 Å². The van der Waals surface area contributed by atoms with E-state index in [0.29, 0.717) is 5.02 Å². The summed E-state index contributed by atoms with van der Waals surface area (Å²) in [7, 11) is 2.07. The Kier molecular flexibility index (Phi) is 4.70. The van der Waals surface area contributed by atoms with Gasteiger partial charge in [0.25, 0.3) is 0 Å². The second-order valence-electron chi connectivity index (χ2n) is 5.46. The molecular formula is C15H22ClN3. The van der Waals surface area contributed by atoms with Crippen molar-refractivity contribution < 1.29 is 0 Å². The minimum absolute atomic E-state index is 0.0768. The van der Waals surface area contributed by atoms with Crippen molar-refractivity contribution in [2.24, 2.45) is 11.7 Å². The van der Waals surface area contributed by atoms with E-state index < -0.39 is 0 Å². The summed E-state index contributed by atoms with van der Waals surface area (Å²) >= 11 is 5.99. The number of hydrogen-bond acceptors (Lipinski definition) is 2. The van der Waals surface area contributed by atoms with Gasteiger partial charge in [-0.1, -0.05) is 30.9 Å². The van der Waals surface area contributed by atoms with Crippen LogP contribution in [0.5, 0.6) is 0 Å². The van der Waals surface area contributed by atoms with Gasteiger partial charge in [0.05, 0.1) is 0 Å². The van der Waals surface area contributed by atoms with Crippen molar-refractivity contribution in [1.29, 1.82) is 5.41 Å².